The number of rotatable bonds is 7. The third kappa shape index (κ3) is 3.62. The molecule has 8 nitrogen and oxygen atoms in total. The molecule has 0 saturated carbocycles. The number of carbonyl (C=O) groups excluding carboxylic acids is 2. The lowest BCUT2D eigenvalue weighted by molar-refractivity contribution is -0.120. The number of carboxylic acid groups (broad SMARTS) is 1. The van der Waals surface area contributed by atoms with E-state index in [9.17, 15) is 24.5 Å². The molecule has 0 unspecified atom stereocenters. The van der Waals surface area contributed by atoms with Crippen molar-refractivity contribution in [1.82, 2.24) is 5.32 Å². The van der Waals surface area contributed by atoms with Gasteiger partial charge < -0.3 is 24.8 Å². The van der Waals surface area contributed by atoms with E-state index in [0.29, 0.717) is 12.0 Å². The van der Waals surface area contributed by atoms with Gasteiger partial charge in [-0.2, -0.15) is 0 Å². The summed E-state index contributed by atoms with van der Waals surface area (Å²) >= 11 is 0. The molecule has 0 spiro atoms. The standard InChI is InChI=1S/C14H16BNO7/c1-22-11-3-2-8-4-9(5-10(18)6-16-7-17)15(21)23-13(8)12(11)14(19)20/h2-3,7,9,21H,4-6H2,1H3,(H,16,17)(H,19,20)/t9-/m1/s1. The van der Waals surface area contributed by atoms with E-state index in [4.69, 9.17) is 9.39 Å². The van der Waals surface area contributed by atoms with Gasteiger partial charge in [0.25, 0.3) is 0 Å². The highest BCUT2D eigenvalue weighted by Gasteiger charge is 2.38. The number of ketones is 1. The molecule has 1 aliphatic heterocycles. The molecule has 0 aromatic heterocycles. The van der Waals surface area contributed by atoms with Crippen molar-refractivity contribution in [2.75, 3.05) is 13.7 Å². The molecule has 1 atom stereocenters. The lowest BCUT2D eigenvalue weighted by Crippen LogP contribution is -2.37. The van der Waals surface area contributed by atoms with Crippen molar-refractivity contribution in [3.8, 4) is 11.5 Å². The number of ether oxygens (including phenoxy) is 1. The smallest absolute Gasteiger partial charge is 0.526 e. The molecular weight excluding hydrogens is 305 g/mol. The van der Waals surface area contributed by atoms with Crippen molar-refractivity contribution in [3.63, 3.8) is 0 Å². The van der Waals surface area contributed by atoms with E-state index in [1.54, 1.807) is 6.07 Å². The normalized spacial score (nSPS) is 16.1. The SMILES string of the molecule is COc1ccc2c(c1C(=O)O)OB(O)[C@@H](CC(=O)CNC=O)C2. The minimum absolute atomic E-state index is 0.00980. The monoisotopic (exact) mass is 321 g/mol. The van der Waals surface area contributed by atoms with Gasteiger partial charge in [-0.05, 0) is 18.1 Å². The fourth-order valence-corrected chi connectivity index (χ4v) is 2.57. The molecule has 23 heavy (non-hydrogen) atoms. The molecule has 0 aliphatic carbocycles. The van der Waals surface area contributed by atoms with Crippen LogP contribution >= 0.6 is 0 Å². The number of carbonyl (C=O) groups is 3. The summed E-state index contributed by atoms with van der Waals surface area (Å²) in [7, 11) is 0.0300. The fourth-order valence-electron chi connectivity index (χ4n) is 2.57. The van der Waals surface area contributed by atoms with E-state index in [1.807, 2.05) is 0 Å². The Kier molecular flexibility index (Phi) is 5.22. The number of carboxylic acids is 1. The molecule has 0 bridgehead atoms. The van der Waals surface area contributed by atoms with Gasteiger partial charge in [0.1, 0.15) is 17.1 Å². The van der Waals surface area contributed by atoms with Gasteiger partial charge in [-0.25, -0.2) is 4.79 Å². The maximum absolute atomic E-state index is 11.7. The van der Waals surface area contributed by atoms with Gasteiger partial charge in [-0.3, -0.25) is 9.59 Å². The minimum atomic E-state index is -1.31. The molecule has 0 fully saturated rings. The van der Waals surface area contributed by atoms with Crippen molar-refractivity contribution >= 4 is 25.3 Å². The van der Waals surface area contributed by atoms with Crippen LogP contribution in [-0.4, -0.2) is 49.1 Å². The number of amides is 1. The van der Waals surface area contributed by atoms with E-state index in [1.165, 1.54) is 13.2 Å². The highest BCUT2D eigenvalue weighted by Crippen LogP contribution is 2.40. The van der Waals surface area contributed by atoms with E-state index in [-0.39, 0.29) is 42.2 Å². The van der Waals surface area contributed by atoms with Crippen molar-refractivity contribution in [2.24, 2.45) is 0 Å². The number of benzene rings is 1. The summed E-state index contributed by atoms with van der Waals surface area (Å²) in [6, 6.07) is 3.16. The van der Waals surface area contributed by atoms with Crippen molar-refractivity contribution < 1.29 is 33.9 Å². The maximum atomic E-state index is 11.7. The van der Waals surface area contributed by atoms with Gasteiger partial charge in [0, 0.05) is 12.2 Å². The van der Waals surface area contributed by atoms with E-state index >= 15 is 0 Å². The van der Waals surface area contributed by atoms with Crippen LogP contribution in [0.3, 0.4) is 0 Å². The molecule has 9 heteroatoms. The summed E-state index contributed by atoms with van der Waals surface area (Å²) in [6.07, 6.45) is 0.718. The molecule has 0 radical (unpaired) electrons. The summed E-state index contributed by atoms with van der Waals surface area (Å²) in [4.78, 5) is 33.3. The predicted octanol–water partition coefficient (Wildman–Crippen LogP) is -0.116. The first kappa shape index (κ1) is 16.8. The van der Waals surface area contributed by atoms with E-state index < -0.39 is 18.9 Å². The summed E-state index contributed by atoms with van der Waals surface area (Å²) < 4.78 is 10.3. The average Bonchev–Trinajstić information content (AvgIpc) is 2.52. The number of hydrogen-bond donors (Lipinski definition) is 3. The summed E-state index contributed by atoms with van der Waals surface area (Å²) in [5.74, 6) is -1.80. The van der Waals surface area contributed by atoms with Crippen molar-refractivity contribution in [1.29, 1.82) is 0 Å². The molecular formula is C14H16BNO7. The average molecular weight is 321 g/mol. The van der Waals surface area contributed by atoms with E-state index in [2.05, 4.69) is 5.32 Å². The first-order valence-electron chi connectivity index (χ1n) is 6.94. The second-order valence-corrected chi connectivity index (χ2v) is 5.15. The lowest BCUT2D eigenvalue weighted by atomic mass is 9.64. The van der Waals surface area contributed by atoms with Crippen LogP contribution in [-0.2, 0) is 16.0 Å². The first-order valence-corrected chi connectivity index (χ1v) is 6.94. The Morgan fingerprint density at radius 1 is 1.52 bits per heavy atom. The van der Waals surface area contributed by atoms with Crippen molar-refractivity contribution in [3.05, 3.63) is 23.3 Å². The third-order valence-electron chi connectivity index (χ3n) is 3.63. The number of nitrogens with one attached hydrogen (secondary N) is 1. The molecule has 1 aromatic rings. The number of hydrogen-bond acceptors (Lipinski definition) is 6. The van der Waals surface area contributed by atoms with Crippen LogP contribution in [0.2, 0.25) is 5.82 Å². The Balaban J connectivity index is 2.23. The van der Waals surface area contributed by atoms with Crippen LogP contribution in [0.1, 0.15) is 22.3 Å². The summed E-state index contributed by atoms with van der Waals surface area (Å²) in [5, 5.41) is 21.6. The van der Waals surface area contributed by atoms with Gasteiger partial charge in [0.15, 0.2) is 5.78 Å². The Morgan fingerprint density at radius 3 is 2.87 bits per heavy atom. The van der Waals surface area contributed by atoms with Crippen LogP contribution in [0.15, 0.2) is 12.1 Å². The highest BCUT2D eigenvalue weighted by atomic mass is 16.5. The second kappa shape index (κ2) is 7.14. The van der Waals surface area contributed by atoms with Crippen LogP contribution in [0.4, 0.5) is 0 Å². The first-order chi connectivity index (χ1) is 11.0. The largest absolute Gasteiger partial charge is 0.535 e. The highest BCUT2D eigenvalue weighted by molar-refractivity contribution is 6.47. The molecule has 1 amide bonds. The van der Waals surface area contributed by atoms with Crippen LogP contribution in [0, 0.1) is 0 Å². The zero-order valence-electron chi connectivity index (χ0n) is 12.4. The molecule has 0 saturated heterocycles. The number of Topliss-reactive ketones (excluding diaryl/α,β-unsaturated/α-hetero) is 1. The Bertz CT molecular complexity index is 634. The molecule has 2 rings (SSSR count). The van der Waals surface area contributed by atoms with Gasteiger partial charge in [-0.15, -0.1) is 0 Å². The zero-order valence-corrected chi connectivity index (χ0v) is 12.4. The van der Waals surface area contributed by atoms with Gasteiger partial charge >= 0.3 is 13.1 Å². The van der Waals surface area contributed by atoms with Gasteiger partial charge in [-0.1, -0.05) is 6.07 Å². The molecule has 1 aromatic carbocycles. The second-order valence-electron chi connectivity index (χ2n) is 5.15. The third-order valence-corrected chi connectivity index (χ3v) is 3.63. The molecule has 1 aliphatic rings. The molecule has 3 N–H and O–H groups in total. The molecule has 1 heterocycles. The maximum Gasteiger partial charge on any atom is 0.526 e. The number of methoxy groups -OCH3 is 1. The zero-order chi connectivity index (χ0) is 17.0. The lowest BCUT2D eigenvalue weighted by Gasteiger charge is -2.28. The summed E-state index contributed by atoms with van der Waals surface area (Å²) in [6.45, 7) is -0.122. The van der Waals surface area contributed by atoms with Crippen LogP contribution < -0.4 is 14.7 Å². The van der Waals surface area contributed by atoms with Gasteiger partial charge in [0.2, 0.25) is 6.41 Å². The Labute approximate surface area is 132 Å². The number of aromatic carboxylic acids is 1. The minimum Gasteiger partial charge on any atom is -0.535 e. The molecule has 122 valence electrons. The van der Waals surface area contributed by atoms with Crippen LogP contribution in [0.5, 0.6) is 11.5 Å². The Hall–Kier alpha value is -2.55. The predicted molar refractivity (Wildman–Crippen MR) is 79.7 cm³/mol. The van der Waals surface area contributed by atoms with E-state index in [0.717, 1.165) is 0 Å². The Morgan fingerprint density at radius 2 is 2.26 bits per heavy atom. The topological polar surface area (TPSA) is 122 Å². The van der Waals surface area contributed by atoms with Gasteiger partial charge in [0.05, 0.1) is 13.7 Å². The number of fused-ring (bicyclic) bond motifs is 1. The summed E-state index contributed by atoms with van der Waals surface area (Å²) in [5.41, 5.74) is 0.422. The fraction of sp³-hybridized carbons (Fsp3) is 0.357. The quantitative estimate of drug-likeness (QED) is 0.473. The van der Waals surface area contributed by atoms with Crippen molar-refractivity contribution in [2.45, 2.75) is 18.7 Å². The van der Waals surface area contributed by atoms with Crippen LogP contribution in [0.25, 0.3) is 0 Å².